The normalized spacial score (nSPS) is 11.8. The Morgan fingerprint density at radius 1 is 1.00 bits per heavy atom. The van der Waals surface area contributed by atoms with Crippen molar-refractivity contribution in [3.05, 3.63) is 77.6 Å². The van der Waals surface area contributed by atoms with E-state index in [2.05, 4.69) is 15.0 Å². The molecule has 2 N–H and O–H groups in total. The highest BCUT2D eigenvalue weighted by Crippen LogP contribution is 2.27. The molecule has 7 nitrogen and oxygen atoms in total. The molecular weight excluding hydrogens is 426 g/mol. The van der Waals surface area contributed by atoms with Gasteiger partial charge < -0.3 is 10.1 Å². The molecule has 168 valence electrons. The van der Waals surface area contributed by atoms with E-state index >= 15 is 0 Å². The minimum atomic E-state index is -3.76. The fourth-order valence-electron chi connectivity index (χ4n) is 3.05. The van der Waals surface area contributed by atoms with Crippen molar-refractivity contribution in [1.29, 1.82) is 0 Å². The number of carbonyl (C=O) groups is 1. The fourth-order valence-corrected chi connectivity index (χ4v) is 4.49. The first-order valence-electron chi connectivity index (χ1n) is 10.1. The molecular formula is C24H27N3O4S. The molecule has 8 heteroatoms. The molecule has 2 aromatic carbocycles. The molecule has 0 radical (unpaired) electrons. The van der Waals surface area contributed by atoms with Gasteiger partial charge in [0.2, 0.25) is 10.0 Å². The first-order valence-corrected chi connectivity index (χ1v) is 11.6. The van der Waals surface area contributed by atoms with E-state index in [0.717, 1.165) is 5.56 Å². The molecule has 0 fully saturated rings. The van der Waals surface area contributed by atoms with Crippen LogP contribution in [0.25, 0.3) is 0 Å². The molecule has 0 aliphatic heterocycles. The highest BCUT2D eigenvalue weighted by Gasteiger charge is 2.23. The van der Waals surface area contributed by atoms with Gasteiger partial charge in [0.15, 0.2) is 0 Å². The van der Waals surface area contributed by atoms with Gasteiger partial charge in [-0.3, -0.25) is 9.78 Å². The predicted octanol–water partition coefficient (Wildman–Crippen LogP) is 4.82. The molecule has 1 aromatic heterocycles. The lowest BCUT2D eigenvalue weighted by atomic mass is 10.1. The lowest BCUT2D eigenvalue weighted by Gasteiger charge is -2.20. The van der Waals surface area contributed by atoms with Gasteiger partial charge in [0.25, 0.3) is 5.91 Å². The Morgan fingerprint density at radius 2 is 1.75 bits per heavy atom. The largest absolute Gasteiger partial charge is 0.455 e. The van der Waals surface area contributed by atoms with Crippen LogP contribution in [0.3, 0.4) is 0 Å². The molecule has 32 heavy (non-hydrogen) atoms. The van der Waals surface area contributed by atoms with Gasteiger partial charge in [-0.1, -0.05) is 6.07 Å². The monoisotopic (exact) mass is 453 g/mol. The third kappa shape index (κ3) is 5.93. The van der Waals surface area contributed by atoms with Crippen molar-refractivity contribution in [2.24, 2.45) is 0 Å². The number of anilines is 1. The minimum absolute atomic E-state index is 0.0413. The van der Waals surface area contributed by atoms with E-state index in [1.54, 1.807) is 76.5 Å². The van der Waals surface area contributed by atoms with Crippen LogP contribution in [0.4, 0.5) is 5.69 Å². The summed E-state index contributed by atoms with van der Waals surface area (Å²) in [6.07, 6.45) is 3.28. The molecule has 3 aromatic rings. The van der Waals surface area contributed by atoms with Crippen molar-refractivity contribution in [2.45, 2.75) is 45.1 Å². The van der Waals surface area contributed by atoms with Crippen molar-refractivity contribution >= 4 is 21.6 Å². The Hall–Kier alpha value is -3.23. The first-order chi connectivity index (χ1) is 14.9. The zero-order valence-electron chi connectivity index (χ0n) is 18.8. The second-order valence-corrected chi connectivity index (χ2v) is 10.2. The quantitative estimate of drug-likeness (QED) is 0.558. The van der Waals surface area contributed by atoms with Crippen LogP contribution in [0.15, 0.2) is 65.8 Å². The van der Waals surface area contributed by atoms with Gasteiger partial charge in [-0.2, -0.15) is 0 Å². The second-order valence-electron chi connectivity index (χ2n) is 8.56. The Labute approximate surface area is 188 Å². The van der Waals surface area contributed by atoms with Gasteiger partial charge in [0, 0.05) is 23.0 Å². The van der Waals surface area contributed by atoms with Gasteiger partial charge in [0.05, 0.1) is 11.1 Å². The van der Waals surface area contributed by atoms with Crippen LogP contribution in [0.5, 0.6) is 11.5 Å². The number of rotatable bonds is 6. The van der Waals surface area contributed by atoms with Gasteiger partial charge in [-0.25, -0.2) is 13.1 Å². The number of benzene rings is 2. The van der Waals surface area contributed by atoms with Crippen LogP contribution in [-0.2, 0) is 10.0 Å². The summed E-state index contributed by atoms with van der Waals surface area (Å²) in [6.45, 7) is 8.92. The summed E-state index contributed by atoms with van der Waals surface area (Å²) >= 11 is 0. The van der Waals surface area contributed by atoms with E-state index in [4.69, 9.17) is 4.74 Å². The summed E-state index contributed by atoms with van der Waals surface area (Å²) < 4.78 is 33.7. The lowest BCUT2D eigenvalue weighted by Crippen LogP contribution is -2.40. The number of nitrogens with zero attached hydrogens (tertiary/aromatic N) is 1. The Balaban J connectivity index is 1.80. The summed E-state index contributed by atoms with van der Waals surface area (Å²) in [5, 5.41) is 2.84. The lowest BCUT2D eigenvalue weighted by molar-refractivity contribution is 0.102. The molecule has 1 heterocycles. The van der Waals surface area contributed by atoms with E-state index in [0.29, 0.717) is 22.7 Å². The highest BCUT2D eigenvalue weighted by atomic mass is 32.2. The SMILES string of the molecule is Cc1cc(NC(=O)c2cc(S(=O)(=O)NC(C)(C)C)ccc2C)ccc1Oc1cccnc1. The highest BCUT2D eigenvalue weighted by molar-refractivity contribution is 7.89. The standard InChI is InChI=1S/C24H27N3O4S/c1-16-8-10-20(32(29,30)27-24(3,4)5)14-21(16)23(28)26-18-9-11-22(17(2)13-18)31-19-7-6-12-25-15-19/h6-15,27H,1-5H3,(H,26,28). The summed E-state index contributed by atoms with van der Waals surface area (Å²) in [5.41, 5.74) is 1.73. The number of hydrogen-bond acceptors (Lipinski definition) is 5. The van der Waals surface area contributed by atoms with Crippen LogP contribution in [0.1, 0.15) is 42.3 Å². The number of hydrogen-bond donors (Lipinski definition) is 2. The molecule has 0 spiro atoms. The summed E-state index contributed by atoms with van der Waals surface area (Å²) in [6, 6.07) is 13.4. The maximum Gasteiger partial charge on any atom is 0.255 e. The van der Waals surface area contributed by atoms with Crippen LogP contribution in [0, 0.1) is 13.8 Å². The van der Waals surface area contributed by atoms with E-state index in [9.17, 15) is 13.2 Å². The Kier molecular flexibility index (Phi) is 6.66. The van der Waals surface area contributed by atoms with E-state index in [1.807, 2.05) is 6.92 Å². The van der Waals surface area contributed by atoms with Gasteiger partial charge in [-0.05, 0) is 88.2 Å². The molecule has 1 amide bonds. The number of pyridine rings is 1. The molecule has 0 aliphatic carbocycles. The van der Waals surface area contributed by atoms with Crippen LogP contribution >= 0.6 is 0 Å². The number of amides is 1. The van der Waals surface area contributed by atoms with Crippen molar-refractivity contribution < 1.29 is 17.9 Å². The maximum atomic E-state index is 12.9. The molecule has 0 bridgehead atoms. The van der Waals surface area contributed by atoms with E-state index in [-0.39, 0.29) is 10.5 Å². The zero-order chi connectivity index (χ0) is 23.5. The van der Waals surface area contributed by atoms with Crippen molar-refractivity contribution in [2.75, 3.05) is 5.32 Å². The molecule has 0 aliphatic rings. The molecule has 0 unspecified atom stereocenters. The number of aromatic nitrogens is 1. The van der Waals surface area contributed by atoms with Crippen molar-refractivity contribution in [3.8, 4) is 11.5 Å². The topological polar surface area (TPSA) is 97.4 Å². The van der Waals surface area contributed by atoms with Crippen LogP contribution in [0.2, 0.25) is 0 Å². The number of nitrogens with one attached hydrogen (secondary N) is 2. The average Bonchev–Trinajstić information content (AvgIpc) is 2.69. The average molecular weight is 454 g/mol. The van der Waals surface area contributed by atoms with Gasteiger partial charge >= 0.3 is 0 Å². The predicted molar refractivity (Wildman–Crippen MR) is 125 cm³/mol. The second kappa shape index (κ2) is 9.10. The summed E-state index contributed by atoms with van der Waals surface area (Å²) in [5.74, 6) is 0.870. The zero-order valence-corrected chi connectivity index (χ0v) is 19.6. The maximum absolute atomic E-state index is 12.9. The number of ether oxygens (including phenoxy) is 1. The number of carbonyl (C=O) groups excluding carboxylic acids is 1. The summed E-state index contributed by atoms with van der Waals surface area (Å²) in [7, 11) is -3.76. The third-order valence-corrected chi connectivity index (χ3v) is 6.26. The fraction of sp³-hybridized carbons (Fsp3) is 0.250. The molecule has 0 saturated heterocycles. The van der Waals surface area contributed by atoms with E-state index in [1.165, 1.54) is 12.1 Å². The molecule has 0 saturated carbocycles. The summed E-state index contributed by atoms with van der Waals surface area (Å²) in [4.78, 5) is 17.0. The van der Waals surface area contributed by atoms with Crippen LogP contribution in [-0.4, -0.2) is 24.8 Å². The molecule has 3 rings (SSSR count). The third-order valence-electron chi connectivity index (χ3n) is 4.50. The van der Waals surface area contributed by atoms with E-state index < -0.39 is 21.5 Å². The van der Waals surface area contributed by atoms with Crippen molar-refractivity contribution in [3.63, 3.8) is 0 Å². The Morgan fingerprint density at radius 3 is 2.38 bits per heavy atom. The van der Waals surface area contributed by atoms with Gasteiger partial charge in [0.1, 0.15) is 11.5 Å². The first kappa shape index (κ1) is 23.4. The van der Waals surface area contributed by atoms with Gasteiger partial charge in [-0.15, -0.1) is 0 Å². The van der Waals surface area contributed by atoms with Crippen molar-refractivity contribution in [1.82, 2.24) is 9.71 Å². The number of aryl methyl sites for hydroxylation is 2. The minimum Gasteiger partial charge on any atom is -0.455 e. The molecule has 0 atom stereocenters. The van der Waals surface area contributed by atoms with Crippen LogP contribution < -0.4 is 14.8 Å². The Bertz CT molecular complexity index is 1230. The smallest absolute Gasteiger partial charge is 0.255 e. The number of sulfonamides is 1.